The van der Waals surface area contributed by atoms with Gasteiger partial charge in [0.2, 0.25) is 5.91 Å². The first-order valence-electron chi connectivity index (χ1n) is 13.0. The lowest BCUT2D eigenvalue weighted by molar-refractivity contribution is -0.114. The number of amides is 3. The number of carbonyl (C=O) groups is 3. The van der Waals surface area contributed by atoms with Gasteiger partial charge in [-0.2, -0.15) is 0 Å². The first-order chi connectivity index (χ1) is 19.8. The van der Waals surface area contributed by atoms with Crippen LogP contribution in [0.1, 0.15) is 21.5 Å². The maximum atomic E-state index is 13.3. The van der Waals surface area contributed by atoms with Gasteiger partial charge in [0.1, 0.15) is 5.70 Å². The van der Waals surface area contributed by atoms with Gasteiger partial charge in [-0.05, 0) is 78.7 Å². The molecule has 0 radical (unpaired) electrons. The van der Waals surface area contributed by atoms with Gasteiger partial charge in [-0.15, -0.1) is 11.8 Å². The number of nitrogens with one attached hydrogen (secondary N) is 3. The Morgan fingerprint density at radius 2 is 1.44 bits per heavy atom. The third-order valence-electron chi connectivity index (χ3n) is 6.15. The Morgan fingerprint density at radius 3 is 2.10 bits per heavy atom. The molecule has 0 unspecified atom stereocenters. The second kappa shape index (κ2) is 14.0. The number of hydrogen-bond donors (Lipinski definition) is 3. The number of rotatable bonds is 10. The summed E-state index contributed by atoms with van der Waals surface area (Å²) in [4.78, 5) is 41.4. The van der Waals surface area contributed by atoms with Gasteiger partial charge in [0.25, 0.3) is 11.8 Å². The molecule has 0 saturated heterocycles. The largest absolute Gasteiger partial charge is 0.378 e. The van der Waals surface area contributed by atoms with Crippen molar-refractivity contribution in [1.82, 2.24) is 5.32 Å². The molecule has 0 atom stereocenters. The lowest BCUT2D eigenvalue weighted by Gasteiger charge is -2.13. The highest BCUT2D eigenvalue weighted by atomic mass is 32.2. The fourth-order valence-electron chi connectivity index (χ4n) is 3.86. The SMILES string of the molecule is Cc1ccccc1NC(=O)CSc1ccc(NC(=O)/C(=C/c2ccc(N(C)C)cc2)NC(=O)c2ccccc2)cc1. The van der Waals surface area contributed by atoms with Gasteiger partial charge < -0.3 is 20.9 Å². The topological polar surface area (TPSA) is 90.5 Å². The first kappa shape index (κ1) is 29.2. The molecule has 4 aromatic carbocycles. The molecular formula is C33H32N4O3S. The number of carbonyl (C=O) groups excluding carboxylic acids is 3. The Hall–Kier alpha value is -4.82. The highest BCUT2D eigenvalue weighted by Crippen LogP contribution is 2.22. The molecule has 3 amide bonds. The van der Waals surface area contributed by atoms with Gasteiger partial charge in [0.05, 0.1) is 5.75 Å². The minimum atomic E-state index is -0.455. The van der Waals surface area contributed by atoms with Crippen LogP contribution in [0.4, 0.5) is 17.1 Å². The number of thioether (sulfide) groups is 1. The molecule has 8 heteroatoms. The number of nitrogens with zero attached hydrogens (tertiary/aromatic N) is 1. The minimum absolute atomic E-state index is 0.0933. The van der Waals surface area contributed by atoms with Gasteiger partial charge in [0.15, 0.2) is 0 Å². The van der Waals surface area contributed by atoms with Crippen LogP contribution in [0.2, 0.25) is 0 Å². The molecule has 0 aliphatic heterocycles. The van der Waals surface area contributed by atoms with E-state index in [2.05, 4.69) is 16.0 Å². The maximum Gasteiger partial charge on any atom is 0.272 e. The van der Waals surface area contributed by atoms with E-state index in [1.807, 2.05) is 92.6 Å². The summed E-state index contributed by atoms with van der Waals surface area (Å²) in [6.07, 6.45) is 1.65. The Kier molecular flexibility index (Phi) is 9.96. The molecule has 0 saturated carbocycles. The molecule has 3 N–H and O–H groups in total. The zero-order chi connectivity index (χ0) is 29.2. The molecule has 41 heavy (non-hydrogen) atoms. The van der Waals surface area contributed by atoms with Gasteiger partial charge in [-0.1, -0.05) is 48.5 Å². The number of para-hydroxylation sites is 1. The first-order valence-corrected chi connectivity index (χ1v) is 14.0. The Bertz CT molecular complexity index is 1530. The highest BCUT2D eigenvalue weighted by Gasteiger charge is 2.15. The normalized spacial score (nSPS) is 11.0. The van der Waals surface area contributed by atoms with E-state index in [1.54, 1.807) is 42.5 Å². The van der Waals surface area contributed by atoms with Crippen molar-refractivity contribution in [3.05, 3.63) is 126 Å². The van der Waals surface area contributed by atoms with Crippen LogP contribution in [-0.2, 0) is 9.59 Å². The van der Waals surface area contributed by atoms with Crippen LogP contribution in [-0.4, -0.2) is 37.6 Å². The molecular weight excluding hydrogens is 532 g/mol. The quantitative estimate of drug-likeness (QED) is 0.158. The van der Waals surface area contributed by atoms with Crippen LogP contribution >= 0.6 is 11.8 Å². The molecule has 7 nitrogen and oxygen atoms in total. The Balaban J connectivity index is 1.42. The van der Waals surface area contributed by atoms with Crippen molar-refractivity contribution in [3.8, 4) is 0 Å². The minimum Gasteiger partial charge on any atom is -0.378 e. The van der Waals surface area contributed by atoms with Crippen molar-refractivity contribution in [1.29, 1.82) is 0 Å². The van der Waals surface area contributed by atoms with Crippen molar-refractivity contribution in [3.63, 3.8) is 0 Å². The molecule has 0 fully saturated rings. The number of anilines is 3. The van der Waals surface area contributed by atoms with Crippen LogP contribution < -0.4 is 20.9 Å². The average Bonchev–Trinajstić information content (AvgIpc) is 2.98. The van der Waals surface area contributed by atoms with Gasteiger partial charge in [0, 0.05) is 41.6 Å². The summed E-state index contributed by atoms with van der Waals surface area (Å²) in [5, 5.41) is 8.55. The zero-order valence-electron chi connectivity index (χ0n) is 23.2. The lowest BCUT2D eigenvalue weighted by Crippen LogP contribution is -2.30. The summed E-state index contributed by atoms with van der Waals surface area (Å²) >= 11 is 1.40. The lowest BCUT2D eigenvalue weighted by atomic mass is 10.1. The predicted molar refractivity (Wildman–Crippen MR) is 168 cm³/mol. The fraction of sp³-hybridized carbons (Fsp3) is 0.121. The molecule has 0 heterocycles. The van der Waals surface area contributed by atoms with E-state index in [0.29, 0.717) is 11.3 Å². The third-order valence-corrected chi connectivity index (χ3v) is 7.16. The summed E-state index contributed by atoms with van der Waals surface area (Å²) in [6, 6.07) is 31.2. The Labute approximate surface area is 244 Å². The monoisotopic (exact) mass is 564 g/mol. The summed E-state index contributed by atoms with van der Waals surface area (Å²) in [5.41, 5.74) is 4.71. The summed E-state index contributed by atoms with van der Waals surface area (Å²) in [7, 11) is 3.90. The van der Waals surface area contributed by atoms with Crippen LogP contribution in [0.25, 0.3) is 6.08 Å². The fourth-order valence-corrected chi connectivity index (χ4v) is 4.56. The molecule has 4 aromatic rings. The van der Waals surface area contributed by atoms with Crippen molar-refractivity contribution < 1.29 is 14.4 Å². The van der Waals surface area contributed by atoms with E-state index in [1.165, 1.54) is 11.8 Å². The van der Waals surface area contributed by atoms with E-state index >= 15 is 0 Å². The van der Waals surface area contributed by atoms with Crippen LogP contribution in [0.15, 0.2) is 114 Å². The van der Waals surface area contributed by atoms with Crippen LogP contribution in [0.5, 0.6) is 0 Å². The van der Waals surface area contributed by atoms with Crippen molar-refractivity contribution in [2.45, 2.75) is 11.8 Å². The van der Waals surface area contributed by atoms with Crippen LogP contribution in [0, 0.1) is 6.92 Å². The summed E-state index contributed by atoms with van der Waals surface area (Å²) in [5.74, 6) is -0.675. The second-order valence-electron chi connectivity index (χ2n) is 9.49. The number of aryl methyl sites for hydroxylation is 1. The van der Waals surface area contributed by atoms with E-state index in [-0.39, 0.29) is 23.3 Å². The summed E-state index contributed by atoms with van der Waals surface area (Å²) < 4.78 is 0. The molecule has 0 spiro atoms. The maximum absolute atomic E-state index is 13.3. The highest BCUT2D eigenvalue weighted by molar-refractivity contribution is 8.00. The second-order valence-corrected chi connectivity index (χ2v) is 10.5. The van der Waals surface area contributed by atoms with E-state index in [0.717, 1.165) is 27.4 Å². The van der Waals surface area contributed by atoms with E-state index < -0.39 is 5.91 Å². The molecule has 208 valence electrons. The zero-order valence-corrected chi connectivity index (χ0v) is 24.0. The Morgan fingerprint density at radius 1 is 0.780 bits per heavy atom. The van der Waals surface area contributed by atoms with Gasteiger partial charge >= 0.3 is 0 Å². The molecule has 0 bridgehead atoms. The average molecular weight is 565 g/mol. The van der Waals surface area contributed by atoms with Crippen molar-refractivity contribution in [2.75, 3.05) is 35.4 Å². The number of benzene rings is 4. The van der Waals surface area contributed by atoms with Crippen molar-refractivity contribution in [2.24, 2.45) is 0 Å². The van der Waals surface area contributed by atoms with E-state index in [9.17, 15) is 14.4 Å². The molecule has 0 aliphatic rings. The summed E-state index contributed by atoms with van der Waals surface area (Å²) in [6.45, 7) is 1.95. The standard InChI is InChI=1S/C33H32N4O3S/c1-23-9-7-8-12-29(23)35-31(38)22-41-28-19-15-26(16-20-28)34-33(40)30(36-32(39)25-10-5-4-6-11-25)21-24-13-17-27(18-14-24)37(2)3/h4-21H,22H2,1-3H3,(H,34,40)(H,35,38)(H,36,39)/b30-21-. The van der Waals surface area contributed by atoms with Gasteiger partial charge in [-0.25, -0.2) is 0 Å². The molecule has 0 aliphatic carbocycles. The van der Waals surface area contributed by atoms with Crippen molar-refractivity contribution >= 4 is 52.6 Å². The van der Waals surface area contributed by atoms with E-state index in [4.69, 9.17) is 0 Å². The number of hydrogen-bond acceptors (Lipinski definition) is 5. The molecule has 0 aromatic heterocycles. The molecule has 4 rings (SSSR count). The predicted octanol–water partition coefficient (Wildman–Crippen LogP) is 6.20. The smallest absolute Gasteiger partial charge is 0.272 e. The van der Waals surface area contributed by atoms with Gasteiger partial charge in [-0.3, -0.25) is 14.4 Å². The van der Waals surface area contributed by atoms with Crippen LogP contribution in [0.3, 0.4) is 0 Å². The third kappa shape index (κ3) is 8.58.